The van der Waals surface area contributed by atoms with E-state index >= 15 is 0 Å². The summed E-state index contributed by atoms with van der Waals surface area (Å²) in [5.41, 5.74) is 0.968. The van der Waals surface area contributed by atoms with Gasteiger partial charge in [-0.15, -0.1) is 0 Å². The van der Waals surface area contributed by atoms with Crippen molar-refractivity contribution in [1.82, 2.24) is 9.97 Å². The minimum Gasteiger partial charge on any atom is -0.376 e. The number of nitrogens with one attached hydrogen (secondary N) is 1. The van der Waals surface area contributed by atoms with Gasteiger partial charge in [0.25, 0.3) is 0 Å². The van der Waals surface area contributed by atoms with Gasteiger partial charge < -0.3 is 19.9 Å². The first kappa shape index (κ1) is 19.7. The molecule has 1 unspecified atom stereocenters. The summed E-state index contributed by atoms with van der Waals surface area (Å²) in [4.78, 5) is 23.9. The number of nitrogens with zero attached hydrogens (tertiary/aromatic N) is 5. The van der Waals surface area contributed by atoms with Crippen molar-refractivity contribution in [1.29, 1.82) is 0 Å². The maximum Gasteiger partial charge on any atom is 0.353 e. The SMILES string of the molecule is O=[N+]([O-])c1c(NCC2CCCO2)ncnc1N1CCN(c2cccc(Cl)c2)CC1. The molecule has 2 aliphatic rings. The third kappa shape index (κ3) is 4.51. The Bertz CT molecular complexity index is 869. The number of hydrogen-bond acceptors (Lipinski definition) is 8. The number of anilines is 3. The zero-order valence-corrected chi connectivity index (χ0v) is 16.7. The Morgan fingerprint density at radius 1 is 1.24 bits per heavy atom. The van der Waals surface area contributed by atoms with E-state index in [1.165, 1.54) is 6.33 Å². The normalized spacial score (nSPS) is 19.4. The summed E-state index contributed by atoms with van der Waals surface area (Å²) in [6.45, 7) is 3.92. The minimum atomic E-state index is -0.406. The van der Waals surface area contributed by atoms with Crippen molar-refractivity contribution >= 4 is 34.6 Å². The Morgan fingerprint density at radius 3 is 2.72 bits per heavy atom. The molecule has 9 nitrogen and oxygen atoms in total. The van der Waals surface area contributed by atoms with E-state index in [9.17, 15) is 10.1 Å². The molecule has 3 heterocycles. The largest absolute Gasteiger partial charge is 0.376 e. The Morgan fingerprint density at radius 2 is 2.03 bits per heavy atom. The van der Waals surface area contributed by atoms with E-state index < -0.39 is 4.92 Å². The van der Waals surface area contributed by atoms with Crippen LogP contribution in [0.2, 0.25) is 5.02 Å². The number of halogens is 1. The summed E-state index contributed by atoms with van der Waals surface area (Å²) in [6.07, 6.45) is 3.41. The summed E-state index contributed by atoms with van der Waals surface area (Å²) >= 11 is 6.09. The van der Waals surface area contributed by atoms with Gasteiger partial charge in [0.15, 0.2) is 0 Å². The van der Waals surface area contributed by atoms with Gasteiger partial charge in [-0.1, -0.05) is 17.7 Å². The molecule has 2 aliphatic heterocycles. The number of ether oxygens (including phenoxy) is 1. The van der Waals surface area contributed by atoms with E-state index in [4.69, 9.17) is 16.3 Å². The predicted octanol–water partition coefficient (Wildman–Crippen LogP) is 2.96. The summed E-state index contributed by atoms with van der Waals surface area (Å²) in [5, 5.41) is 15.6. The molecule has 1 N–H and O–H groups in total. The topological polar surface area (TPSA) is 96.7 Å². The van der Waals surface area contributed by atoms with Crippen LogP contribution < -0.4 is 15.1 Å². The second-order valence-electron chi connectivity index (χ2n) is 7.12. The predicted molar refractivity (Wildman–Crippen MR) is 112 cm³/mol. The average Bonchev–Trinajstić information content (AvgIpc) is 3.25. The molecule has 4 rings (SSSR count). The highest BCUT2D eigenvalue weighted by Crippen LogP contribution is 2.33. The van der Waals surface area contributed by atoms with Gasteiger partial charge in [0.2, 0.25) is 11.6 Å². The molecule has 2 fully saturated rings. The molecular formula is C19H23ClN6O3. The monoisotopic (exact) mass is 418 g/mol. The molecule has 2 saturated heterocycles. The van der Waals surface area contributed by atoms with E-state index in [0.717, 1.165) is 38.2 Å². The molecular weight excluding hydrogens is 396 g/mol. The van der Waals surface area contributed by atoms with E-state index in [1.54, 1.807) is 0 Å². The Kier molecular flexibility index (Phi) is 5.96. The lowest BCUT2D eigenvalue weighted by Gasteiger charge is -2.36. The highest BCUT2D eigenvalue weighted by molar-refractivity contribution is 6.30. The first-order valence-corrected chi connectivity index (χ1v) is 10.1. The maximum absolute atomic E-state index is 11.8. The van der Waals surface area contributed by atoms with Crippen LogP contribution in [0.5, 0.6) is 0 Å². The molecule has 1 atom stereocenters. The van der Waals surface area contributed by atoms with Crippen molar-refractivity contribution in [3.63, 3.8) is 0 Å². The molecule has 0 bridgehead atoms. The second kappa shape index (κ2) is 8.79. The number of benzene rings is 1. The van der Waals surface area contributed by atoms with Gasteiger partial charge in [-0.05, 0) is 31.0 Å². The molecule has 10 heteroatoms. The van der Waals surface area contributed by atoms with Crippen LogP contribution in [0.4, 0.5) is 23.0 Å². The fourth-order valence-corrected chi connectivity index (χ4v) is 3.95. The Labute approximate surface area is 173 Å². The van der Waals surface area contributed by atoms with Gasteiger partial charge in [0.1, 0.15) is 6.33 Å². The molecule has 2 aromatic rings. The van der Waals surface area contributed by atoms with Crippen molar-refractivity contribution in [3.05, 3.63) is 45.7 Å². The van der Waals surface area contributed by atoms with Gasteiger partial charge >= 0.3 is 5.69 Å². The van der Waals surface area contributed by atoms with E-state index in [2.05, 4.69) is 20.2 Å². The zero-order valence-electron chi connectivity index (χ0n) is 16.0. The van der Waals surface area contributed by atoms with Crippen LogP contribution in [0.15, 0.2) is 30.6 Å². The number of piperazine rings is 1. The molecule has 154 valence electrons. The smallest absolute Gasteiger partial charge is 0.353 e. The number of hydrogen-bond donors (Lipinski definition) is 1. The highest BCUT2D eigenvalue weighted by atomic mass is 35.5. The summed E-state index contributed by atoms with van der Waals surface area (Å²) in [7, 11) is 0. The van der Waals surface area contributed by atoms with Crippen LogP contribution >= 0.6 is 11.6 Å². The first-order valence-electron chi connectivity index (χ1n) is 9.72. The van der Waals surface area contributed by atoms with Gasteiger partial charge in [-0.2, -0.15) is 0 Å². The average molecular weight is 419 g/mol. The Balaban J connectivity index is 1.48. The fourth-order valence-electron chi connectivity index (χ4n) is 3.76. The Hall–Kier alpha value is -2.65. The molecule has 0 spiro atoms. The van der Waals surface area contributed by atoms with Crippen LogP contribution in [-0.4, -0.2) is 60.3 Å². The molecule has 0 amide bonds. The van der Waals surface area contributed by atoms with Gasteiger partial charge in [-0.3, -0.25) is 10.1 Å². The van der Waals surface area contributed by atoms with Crippen LogP contribution in [0.1, 0.15) is 12.8 Å². The zero-order chi connectivity index (χ0) is 20.2. The molecule has 0 aliphatic carbocycles. The number of rotatable bonds is 6. The van der Waals surface area contributed by atoms with Gasteiger partial charge in [-0.25, -0.2) is 9.97 Å². The van der Waals surface area contributed by atoms with Crippen LogP contribution in [0, 0.1) is 10.1 Å². The summed E-state index contributed by atoms with van der Waals surface area (Å²) in [6, 6.07) is 7.71. The number of nitro groups is 1. The van der Waals surface area contributed by atoms with Crippen LogP contribution in [0.25, 0.3) is 0 Å². The molecule has 1 aromatic carbocycles. The van der Waals surface area contributed by atoms with Crippen molar-refractivity contribution in [3.8, 4) is 0 Å². The fraction of sp³-hybridized carbons (Fsp3) is 0.474. The second-order valence-corrected chi connectivity index (χ2v) is 7.56. The van der Waals surface area contributed by atoms with Crippen molar-refractivity contribution < 1.29 is 9.66 Å². The third-order valence-electron chi connectivity index (χ3n) is 5.26. The van der Waals surface area contributed by atoms with E-state index in [1.807, 2.05) is 29.2 Å². The van der Waals surface area contributed by atoms with E-state index in [-0.39, 0.29) is 17.6 Å². The lowest BCUT2D eigenvalue weighted by Crippen LogP contribution is -2.47. The maximum atomic E-state index is 11.8. The first-order chi connectivity index (χ1) is 14.1. The molecule has 0 saturated carbocycles. The van der Waals surface area contributed by atoms with Gasteiger partial charge in [0.05, 0.1) is 11.0 Å². The van der Waals surface area contributed by atoms with Crippen molar-refractivity contribution in [2.24, 2.45) is 0 Å². The summed E-state index contributed by atoms with van der Waals surface area (Å²) in [5.74, 6) is 0.596. The quantitative estimate of drug-likeness (QED) is 0.565. The number of aromatic nitrogens is 2. The minimum absolute atomic E-state index is 0.0641. The summed E-state index contributed by atoms with van der Waals surface area (Å²) < 4.78 is 5.58. The van der Waals surface area contributed by atoms with E-state index in [0.29, 0.717) is 30.5 Å². The third-order valence-corrected chi connectivity index (χ3v) is 5.49. The lowest BCUT2D eigenvalue weighted by molar-refractivity contribution is -0.383. The van der Waals surface area contributed by atoms with Crippen molar-refractivity contribution in [2.75, 3.05) is 54.4 Å². The lowest BCUT2D eigenvalue weighted by atomic mass is 10.2. The standard InChI is InChI=1S/C19H23ClN6O3/c20-14-3-1-4-15(11-14)24-6-8-25(9-7-24)19-17(26(27)28)18(22-13-23-19)21-12-16-5-2-10-29-16/h1,3-4,11,13,16H,2,5-10,12H2,(H,21,22,23). The van der Waals surface area contributed by atoms with Gasteiger partial charge in [0, 0.05) is 50.0 Å². The van der Waals surface area contributed by atoms with Crippen LogP contribution in [0.3, 0.4) is 0 Å². The molecule has 0 radical (unpaired) electrons. The molecule has 29 heavy (non-hydrogen) atoms. The molecule has 1 aromatic heterocycles. The van der Waals surface area contributed by atoms with Crippen LogP contribution in [-0.2, 0) is 4.74 Å². The van der Waals surface area contributed by atoms with Crippen molar-refractivity contribution in [2.45, 2.75) is 18.9 Å². The highest BCUT2D eigenvalue weighted by Gasteiger charge is 2.30.